The van der Waals surface area contributed by atoms with E-state index in [0.29, 0.717) is 11.8 Å². The molecule has 0 unspecified atom stereocenters. The second-order valence-corrected chi connectivity index (χ2v) is 7.60. The standard InChI is InChI=1S/C18H28N4O4/c1-6-20-14(9-19-10-15(23)25-5)22-11-13(12-22)18(7-8-18)21-16(24)26-17(2,3)4/h6,9,13H,1,7-8,10-12H2,2-5H3,(H,21,24)/b19-9-,20-14+. The lowest BCUT2D eigenvalue weighted by atomic mass is 9.89. The molecule has 0 bridgehead atoms. The first-order valence-electron chi connectivity index (χ1n) is 8.70. The maximum atomic E-state index is 12.1. The van der Waals surface area contributed by atoms with Gasteiger partial charge in [-0.25, -0.2) is 9.79 Å². The summed E-state index contributed by atoms with van der Waals surface area (Å²) in [6.45, 7) is 10.6. The van der Waals surface area contributed by atoms with E-state index in [-0.39, 0.29) is 18.2 Å². The Labute approximate surface area is 154 Å². The summed E-state index contributed by atoms with van der Waals surface area (Å²) in [6, 6.07) is 0. The van der Waals surface area contributed by atoms with Crippen molar-refractivity contribution in [1.29, 1.82) is 0 Å². The summed E-state index contributed by atoms with van der Waals surface area (Å²) >= 11 is 0. The zero-order valence-corrected chi connectivity index (χ0v) is 15.9. The summed E-state index contributed by atoms with van der Waals surface area (Å²) in [5.41, 5.74) is -0.688. The van der Waals surface area contributed by atoms with E-state index in [1.807, 2.05) is 25.7 Å². The van der Waals surface area contributed by atoms with Gasteiger partial charge in [-0.05, 0) is 33.6 Å². The van der Waals surface area contributed by atoms with Gasteiger partial charge in [0.1, 0.15) is 18.0 Å². The van der Waals surface area contributed by atoms with Crippen molar-refractivity contribution in [2.75, 3.05) is 26.7 Å². The maximum Gasteiger partial charge on any atom is 0.408 e. The van der Waals surface area contributed by atoms with Crippen LogP contribution in [0, 0.1) is 5.92 Å². The van der Waals surface area contributed by atoms with Gasteiger partial charge < -0.3 is 19.7 Å². The molecule has 1 saturated carbocycles. The quantitative estimate of drug-likeness (QED) is 0.440. The molecule has 1 aliphatic heterocycles. The van der Waals surface area contributed by atoms with Crippen LogP contribution in [0.3, 0.4) is 0 Å². The van der Waals surface area contributed by atoms with Gasteiger partial charge in [-0.1, -0.05) is 6.58 Å². The van der Waals surface area contributed by atoms with Crippen molar-refractivity contribution in [3.8, 4) is 0 Å². The van der Waals surface area contributed by atoms with E-state index in [1.54, 1.807) is 6.21 Å². The Morgan fingerprint density at radius 3 is 2.50 bits per heavy atom. The Kier molecular flexibility index (Phi) is 6.05. The summed E-state index contributed by atoms with van der Waals surface area (Å²) in [4.78, 5) is 33.5. The first-order valence-corrected chi connectivity index (χ1v) is 8.70. The fourth-order valence-corrected chi connectivity index (χ4v) is 2.85. The molecule has 144 valence electrons. The van der Waals surface area contributed by atoms with E-state index < -0.39 is 11.6 Å². The lowest BCUT2D eigenvalue weighted by molar-refractivity contribution is -0.138. The number of nitrogens with zero attached hydrogens (tertiary/aromatic N) is 3. The number of carbonyl (C=O) groups is 2. The minimum atomic E-state index is -0.508. The molecule has 0 atom stereocenters. The highest BCUT2D eigenvalue weighted by Crippen LogP contribution is 2.46. The molecule has 0 spiro atoms. The number of hydrogen-bond acceptors (Lipinski definition) is 6. The van der Waals surface area contributed by atoms with Gasteiger partial charge in [-0.2, -0.15) is 0 Å². The number of hydrogen-bond donors (Lipinski definition) is 1. The number of amides is 1. The molecule has 1 aliphatic carbocycles. The molecule has 1 amide bonds. The Morgan fingerprint density at radius 2 is 2.00 bits per heavy atom. The van der Waals surface area contributed by atoms with Gasteiger partial charge in [0.15, 0.2) is 0 Å². The molecule has 0 aromatic carbocycles. The number of nitrogens with one attached hydrogen (secondary N) is 1. The van der Waals surface area contributed by atoms with Crippen LogP contribution in [-0.2, 0) is 14.3 Å². The SMILES string of the molecule is C=C/N=C(\C=N/CC(=O)OC)N1CC(C2(NC(=O)OC(C)(C)C)CC2)C1. The van der Waals surface area contributed by atoms with Gasteiger partial charge in [-0.3, -0.25) is 9.79 Å². The Morgan fingerprint density at radius 1 is 1.35 bits per heavy atom. The third kappa shape index (κ3) is 5.31. The van der Waals surface area contributed by atoms with E-state index in [2.05, 4.69) is 26.6 Å². The van der Waals surface area contributed by atoms with Crippen molar-refractivity contribution >= 4 is 24.1 Å². The number of ether oxygens (including phenoxy) is 2. The van der Waals surface area contributed by atoms with Crippen LogP contribution < -0.4 is 5.32 Å². The average molecular weight is 364 g/mol. The number of likely N-dealkylation sites (tertiary alicyclic amines) is 1. The minimum Gasteiger partial charge on any atom is -0.468 e. The van der Waals surface area contributed by atoms with Crippen LogP contribution in [-0.4, -0.2) is 66.9 Å². The monoisotopic (exact) mass is 364 g/mol. The maximum absolute atomic E-state index is 12.1. The predicted molar refractivity (Wildman–Crippen MR) is 99.4 cm³/mol. The number of rotatable bonds is 6. The largest absolute Gasteiger partial charge is 0.468 e. The molecular formula is C18H28N4O4. The predicted octanol–water partition coefficient (Wildman–Crippen LogP) is 1.76. The van der Waals surface area contributed by atoms with Gasteiger partial charge in [0.05, 0.1) is 13.3 Å². The van der Waals surface area contributed by atoms with Gasteiger partial charge in [-0.15, -0.1) is 0 Å². The van der Waals surface area contributed by atoms with Gasteiger partial charge in [0.25, 0.3) is 0 Å². The van der Waals surface area contributed by atoms with Gasteiger partial charge in [0.2, 0.25) is 0 Å². The summed E-state index contributed by atoms with van der Waals surface area (Å²) < 4.78 is 9.92. The fraction of sp³-hybridized carbons (Fsp3) is 0.667. The summed E-state index contributed by atoms with van der Waals surface area (Å²) in [7, 11) is 1.32. The number of esters is 1. The van der Waals surface area contributed by atoms with Gasteiger partial charge >= 0.3 is 12.1 Å². The molecule has 2 rings (SSSR count). The molecular weight excluding hydrogens is 336 g/mol. The van der Waals surface area contributed by atoms with Crippen molar-refractivity contribution in [1.82, 2.24) is 10.2 Å². The highest BCUT2D eigenvalue weighted by Gasteiger charge is 2.55. The lowest BCUT2D eigenvalue weighted by Crippen LogP contribution is -2.60. The fourth-order valence-electron chi connectivity index (χ4n) is 2.85. The zero-order valence-electron chi connectivity index (χ0n) is 15.9. The highest BCUT2D eigenvalue weighted by molar-refractivity contribution is 6.29. The lowest BCUT2D eigenvalue weighted by Gasteiger charge is -2.45. The summed E-state index contributed by atoms with van der Waals surface area (Å²) in [6.07, 6.45) is 4.53. The Hall–Kier alpha value is -2.38. The molecule has 2 aliphatic rings. The second kappa shape index (κ2) is 7.88. The Bertz CT molecular complexity index is 611. The average Bonchev–Trinajstić information content (AvgIpc) is 3.23. The number of aliphatic imine (C=N–C) groups is 2. The normalized spacial score (nSPS) is 19.7. The molecule has 8 heteroatoms. The van der Waals surface area contributed by atoms with E-state index in [9.17, 15) is 9.59 Å². The topological polar surface area (TPSA) is 92.6 Å². The van der Waals surface area contributed by atoms with Crippen molar-refractivity contribution in [2.45, 2.75) is 44.8 Å². The molecule has 0 aromatic rings. The molecule has 0 aromatic heterocycles. The smallest absolute Gasteiger partial charge is 0.408 e. The van der Waals surface area contributed by atoms with Crippen LogP contribution in [0.25, 0.3) is 0 Å². The first kappa shape index (κ1) is 19.9. The van der Waals surface area contributed by atoms with Crippen LogP contribution >= 0.6 is 0 Å². The number of amidine groups is 1. The second-order valence-electron chi connectivity index (χ2n) is 7.60. The highest BCUT2D eigenvalue weighted by atomic mass is 16.6. The van der Waals surface area contributed by atoms with Gasteiger partial charge in [0, 0.05) is 30.7 Å². The Balaban J connectivity index is 1.87. The molecule has 2 fully saturated rings. The van der Waals surface area contributed by atoms with Crippen molar-refractivity contribution < 1.29 is 19.1 Å². The number of alkyl carbamates (subject to hydrolysis) is 1. The molecule has 8 nitrogen and oxygen atoms in total. The van der Waals surface area contributed by atoms with Crippen LogP contribution in [0.15, 0.2) is 22.8 Å². The van der Waals surface area contributed by atoms with E-state index in [1.165, 1.54) is 13.3 Å². The molecule has 26 heavy (non-hydrogen) atoms. The third-order valence-corrected chi connectivity index (χ3v) is 4.40. The van der Waals surface area contributed by atoms with Crippen molar-refractivity contribution in [3.63, 3.8) is 0 Å². The van der Waals surface area contributed by atoms with E-state index >= 15 is 0 Å². The van der Waals surface area contributed by atoms with E-state index in [0.717, 1.165) is 25.9 Å². The molecule has 1 heterocycles. The minimum absolute atomic E-state index is 0.0476. The molecule has 1 saturated heterocycles. The molecule has 0 radical (unpaired) electrons. The summed E-state index contributed by atoms with van der Waals surface area (Å²) in [5.74, 6) is 0.575. The van der Waals surface area contributed by atoms with Crippen LogP contribution in [0.1, 0.15) is 33.6 Å². The third-order valence-electron chi connectivity index (χ3n) is 4.40. The van der Waals surface area contributed by atoms with E-state index in [4.69, 9.17) is 4.74 Å². The van der Waals surface area contributed by atoms with Crippen LogP contribution in [0.4, 0.5) is 4.79 Å². The van der Waals surface area contributed by atoms with Crippen LogP contribution in [0.2, 0.25) is 0 Å². The molecule has 1 N–H and O–H groups in total. The van der Waals surface area contributed by atoms with Crippen molar-refractivity contribution in [2.24, 2.45) is 15.9 Å². The first-order chi connectivity index (χ1) is 12.2. The zero-order chi connectivity index (χ0) is 19.4. The van der Waals surface area contributed by atoms with Crippen LogP contribution in [0.5, 0.6) is 0 Å². The summed E-state index contributed by atoms with van der Waals surface area (Å²) in [5, 5.41) is 3.04. The van der Waals surface area contributed by atoms with Crippen molar-refractivity contribution in [3.05, 3.63) is 12.8 Å². The number of methoxy groups -OCH3 is 1. The number of carbonyl (C=O) groups excluding carboxylic acids is 2.